The highest BCUT2D eigenvalue weighted by molar-refractivity contribution is 7.99. The molecular weight excluding hydrogens is 384 g/mol. The molecule has 0 aliphatic carbocycles. The average molecular weight is 411 g/mol. The molecule has 0 fully saturated rings. The molecule has 0 bridgehead atoms. The molecule has 3 rings (SSSR count). The third kappa shape index (κ3) is 5.17. The number of hydrogen-bond acceptors (Lipinski definition) is 5. The predicted molar refractivity (Wildman–Crippen MR) is 117 cm³/mol. The van der Waals surface area contributed by atoms with E-state index in [1.165, 1.54) is 17.3 Å². The molecule has 1 N–H and O–H groups in total. The van der Waals surface area contributed by atoms with Gasteiger partial charge in [-0.05, 0) is 44.5 Å². The smallest absolute Gasteiger partial charge is 0.230 e. The highest BCUT2D eigenvalue weighted by Gasteiger charge is 2.18. The molecule has 3 aromatic rings. The Kier molecular flexibility index (Phi) is 6.93. The van der Waals surface area contributed by atoms with Crippen LogP contribution in [0.5, 0.6) is 5.75 Å². The summed E-state index contributed by atoms with van der Waals surface area (Å²) in [5.41, 5.74) is 3.06. The van der Waals surface area contributed by atoms with Gasteiger partial charge in [-0.1, -0.05) is 48.5 Å². The van der Waals surface area contributed by atoms with Crippen molar-refractivity contribution in [2.24, 2.45) is 0 Å². The van der Waals surface area contributed by atoms with Crippen molar-refractivity contribution in [3.63, 3.8) is 0 Å². The molecule has 0 saturated carbocycles. The van der Waals surface area contributed by atoms with Crippen LogP contribution in [0.15, 0.2) is 53.7 Å². The maximum Gasteiger partial charge on any atom is 0.230 e. The van der Waals surface area contributed by atoms with Crippen LogP contribution in [0.2, 0.25) is 0 Å². The summed E-state index contributed by atoms with van der Waals surface area (Å²) >= 11 is 1.38. The van der Waals surface area contributed by atoms with Gasteiger partial charge in [0.25, 0.3) is 0 Å². The fraction of sp³-hybridized carbons (Fsp3) is 0.318. The zero-order valence-electron chi connectivity index (χ0n) is 17.2. The quantitative estimate of drug-likeness (QED) is 0.562. The van der Waals surface area contributed by atoms with Gasteiger partial charge in [-0.15, -0.1) is 10.2 Å². The van der Waals surface area contributed by atoms with Crippen LogP contribution < -0.4 is 10.1 Å². The Bertz CT molecular complexity index is 952. The molecule has 1 amide bonds. The summed E-state index contributed by atoms with van der Waals surface area (Å²) in [5, 5.41) is 12.4. The number of carbonyl (C=O) groups is 1. The van der Waals surface area contributed by atoms with Gasteiger partial charge in [0.2, 0.25) is 5.91 Å². The molecule has 1 aromatic heterocycles. The molecule has 29 heavy (non-hydrogen) atoms. The van der Waals surface area contributed by atoms with Gasteiger partial charge in [0.1, 0.15) is 5.75 Å². The molecule has 1 atom stereocenters. The van der Waals surface area contributed by atoms with Gasteiger partial charge in [-0.2, -0.15) is 0 Å². The first kappa shape index (κ1) is 20.9. The van der Waals surface area contributed by atoms with Crippen molar-refractivity contribution in [3.05, 3.63) is 54.1 Å². The van der Waals surface area contributed by atoms with Crippen LogP contribution in [0.25, 0.3) is 17.1 Å². The van der Waals surface area contributed by atoms with Crippen LogP contribution >= 0.6 is 11.8 Å². The normalized spacial score (nSPS) is 11.9. The summed E-state index contributed by atoms with van der Waals surface area (Å²) in [6, 6.07) is 16.0. The van der Waals surface area contributed by atoms with Crippen LogP contribution in [0, 0.1) is 6.92 Å². The first-order valence-electron chi connectivity index (χ1n) is 9.60. The van der Waals surface area contributed by atoms with Crippen molar-refractivity contribution in [3.8, 4) is 22.8 Å². The molecule has 0 aliphatic rings. The maximum atomic E-state index is 12.2. The SMILES string of the molecule is CCC(C)NC(=O)CSc1nnc(-c2ccc(C)cc2)n1-c1ccc(OC)cc1. The number of carbonyl (C=O) groups excluding carboxylic acids is 1. The zero-order chi connectivity index (χ0) is 20.8. The van der Waals surface area contributed by atoms with Crippen molar-refractivity contribution in [2.75, 3.05) is 12.9 Å². The number of nitrogens with zero attached hydrogens (tertiary/aromatic N) is 3. The molecule has 7 heteroatoms. The second-order valence-corrected chi connectivity index (χ2v) is 7.81. The van der Waals surface area contributed by atoms with Gasteiger partial charge in [-0.25, -0.2) is 0 Å². The topological polar surface area (TPSA) is 69.0 Å². The Balaban J connectivity index is 1.93. The number of aryl methyl sites for hydroxylation is 1. The number of nitrogens with one attached hydrogen (secondary N) is 1. The Hall–Kier alpha value is -2.80. The van der Waals surface area contributed by atoms with Crippen molar-refractivity contribution >= 4 is 17.7 Å². The van der Waals surface area contributed by atoms with E-state index in [4.69, 9.17) is 4.74 Å². The van der Waals surface area contributed by atoms with E-state index in [0.717, 1.165) is 29.2 Å². The van der Waals surface area contributed by atoms with Crippen LogP contribution in [0.3, 0.4) is 0 Å². The zero-order valence-corrected chi connectivity index (χ0v) is 18.0. The maximum absolute atomic E-state index is 12.2. The highest BCUT2D eigenvalue weighted by atomic mass is 32.2. The lowest BCUT2D eigenvalue weighted by Crippen LogP contribution is -2.33. The predicted octanol–water partition coefficient (Wildman–Crippen LogP) is 4.26. The molecule has 1 unspecified atom stereocenters. The van der Waals surface area contributed by atoms with E-state index < -0.39 is 0 Å². The molecule has 0 aliphatic heterocycles. The molecule has 6 nitrogen and oxygen atoms in total. The van der Waals surface area contributed by atoms with E-state index in [-0.39, 0.29) is 17.7 Å². The minimum absolute atomic E-state index is 0.00878. The van der Waals surface area contributed by atoms with E-state index >= 15 is 0 Å². The minimum Gasteiger partial charge on any atom is -0.497 e. The van der Waals surface area contributed by atoms with Crippen LogP contribution in [-0.2, 0) is 4.79 Å². The Morgan fingerprint density at radius 2 is 1.83 bits per heavy atom. The molecule has 152 valence electrons. The lowest BCUT2D eigenvalue weighted by atomic mass is 10.1. The number of thioether (sulfide) groups is 1. The van der Waals surface area contributed by atoms with Gasteiger partial charge in [-0.3, -0.25) is 9.36 Å². The second kappa shape index (κ2) is 9.60. The lowest BCUT2D eigenvalue weighted by Gasteiger charge is -2.13. The largest absolute Gasteiger partial charge is 0.497 e. The van der Waals surface area contributed by atoms with Gasteiger partial charge in [0, 0.05) is 17.3 Å². The van der Waals surface area contributed by atoms with E-state index in [1.807, 2.05) is 54.8 Å². The Morgan fingerprint density at radius 1 is 1.14 bits per heavy atom. The van der Waals surface area contributed by atoms with Crippen LogP contribution in [-0.4, -0.2) is 39.6 Å². The van der Waals surface area contributed by atoms with Gasteiger partial charge < -0.3 is 10.1 Å². The number of aromatic nitrogens is 3. The van der Waals surface area contributed by atoms with Crippen molar-refractivity contribution in [1.82, 2.24) is 20.1 Å². The van der Waals surface area contributed by atoms with Crippen LogP contribution in [0.1, 0.15) is 25.8 Å². The molecule has 1 heterocycles. The third-order valence-corrected chi connectivity index (χ3v) is 5.55. The first-order chi connectivity index (χ1) is 14.0. The lowest BCUT2D eigenvalue weighted by molar-refractivity contribution is -0.119. The second-order valence-electron chi connectivity index (χ2n) is 6.87. The number of methoxy groups -OCH3 is 1. The van der Waals surface area contributed by atoms with E-state index in [9.17, 15) is 4.79 Å². The number of amides is 1. The summed E-state index contributed by atoms with van der Waals surface area (Å²) in [6.07, 6.45) is 0.899. The Labute approximate surface area is 175 Å². The summed E-state index contributed by atoms with van der Waals surface area (Å²) in [7, 11) is 1.64. The standard InChI is InChI=1S/C22H26N4O2S/c1-5-16(3)23-20(27)14-29-22-25-24-21(17-8-6-15(2)7-9-17)26(22)18-10-12-19(28-4)13-11-18/h6-13,16H,5,14H2,1-4H3,(H,23,27). The molecule has 2 aromatic carbocycles. The Morgan fingerprint density at radius 3 is 2.45 bits per heavy atom. The number of hydrogen-bond donors (Lipinski definition) is 1. The number of ether oxygens (including phenoxy) is 1. The summed E-state index contributed by atoms with van der Waals surface area (Å²) in [4.78, 5) is 12.2. The van der Waals surface area contributed by atoms with Crippen molar-refractivity contribution in [1.29, 1.82) is 0 Å². The number of rotatable bonds is 8. The summed E-state index contributed by atoms with van der Waals surface area (Å²) in [5.74, 6) is 1.79. The van der Waals surface area contributed by atoms with Crippen molar-refractivity contribution < 1.29 is 9.53 Å². The van der Waals surface area contributed by atoms with Gasteiger partial charge in [0.15, 0.2) is 11.0 Å². The number of benzene rings is 2. The third-order valence-electron chi connectivity index (χ3n) is 4.63. The van der Waals surface area contributed by atoms with E-state index in [0.29, 0.717) is 5.16 Å². The fourth-order valence-corrected chi connectivity index (χ4v) is 3.53. The van der Waals surface area contributed by atoms with E-state index in [1.54, 1.807) is 7.11 Å². The van der Waals surface area contributed by atoms with Gasteiger partial charge in [0.05, 0.1) is 12.9 Å². The minimum atomic E-state index is -0.00878. The average Bonchev–Trinajstić information content (AvgIpc) is 3.16. The molecular formula is C22H26N4O2S. The highest BCUT2D eigenvalue weighted by Crippen LogP contribution is 2.29. The van der Waals surface area contributed by atoms with Gasteiger partial charge >= 0.3 is 0 Å². The summed E-state index contributed by atoms with van der Waals surface area (Å²) in [6.45, 7) is 6.10. The molecule has 0 radical (unpaired) electrons. The van der Waals surface area contributed by atoms with Crippen molar-refractivity contribution in [2.45, 2.75) is 38.4 Å². The molecule has 0 saturated heterocycles. The monoisotopic (exact) mass is 410 g/mol. The molecule has 0 spiro atoms. The fourth-order valence-electron chi connectivity index (χ4n) is 2.77. The first-order valence-corrected chi connectivity index (χ1v) is 10.6. The van der Waals surface area contributed by atoms with Crippen LogP contribution in [0.4, 0.5) is 0 Å². The van der Waals surface area contributed by atoms with E-state index in [2.05, 4.69) is 34.6 Å². The summed E-state index contributed by atoms with van der Waals surface area (Å²) < 4.78 is 7.25.